The first-order valence-corrected chi connectivity index (χ1v) is 3.96. The molecule has 0 radical (unpaired) electrons. The second-order valence-corrected chi connectivity index (χ2v) is 2.64. The maximum atomic E-state index is 12.2. The Kier molecular flexibility index (Phi) is 3.41. The van der Waals surface area contributed by atoms with E-state index in [1.54, 1.807) is 0 Å². The van der Waals surface area contributed by atoms with E-state index >= 15 is 0 Å². The lowest BCUT2D eigenvalue weighted by Crippen LogP contribution is -2.18. The van der Waals surface area contributed by atoms with Gasteiger partial charge >= 0.3 is 6.36 Å². The summed E-state index contributed by atoms with van der Waals surface area (Å²) in [5.74, 6) is -1.98. The highest BCUT2D eigenvalue weighted by molar-refractivity contribution is 5.42. The van der Waals surface area contributed by atoms with Crippen molar-refractivity contribution in [2.24, 2.45) is 0 Å². The highest BCUT2D eigenvalue weighted by Gasteiger charge is 2.33. The van der Waals surface area contributed by atoms with Crippen LogP contribution in [0.5, 0.6) is 17.4 Å². The van der Waals surface area contributed by atoms with E-state index in [2.05, 4.69) is 14.5 Å². The van der Waals surface area contributed by atoms with Crippen LogP contribution in [-0.4, -0.2) is 23.6 Å². The molecule has 1 heterocycles. The smallest absolute Gasteiger partial charge is 0.506 e. The second kappa shape index (κ2) is 4.42. The molecule has 90 valence electrons. The van der Waals surface area contributed by atoms with E-state index in [4.69, 9.17) is 5.11 Å². The molecule has 0 amide bonds. The van der Waals surface area contributed by atoms with Gasteiger partial charge in [0.15, 0.2) is 5.75 Å². The van der Waals surface area contributed by atoms with Gasteiger partial charge in [0.1, 0.15) is 18.1 Å². The number of alkyl halides is 4. The van der Waals surface area contributed by atoms with Crippen LogP contribution in [0.1, 0.15) is 5.69 Å². The van der Waals surface area contributed by atoms with Crippen molar-refractivity contribution in [2.45, 2.75) is 13.0 Å². The molecular weight excluding hydrogens is 234 g/mol. The van der Waals surface area contributed by atoms with Crippen LogP contribution >= 0.6 is 0 Å². The van der Waals surface area contributed by atoms with Crippen LogP contribution in [0.2, 0.25) is 0 Å². The molecule has 0 saturated carbocycles. The minimum atomic E-state index is -4.97. The lowest BCUT2D eigenvalue weighted by molar-refractivity contribution is -0.276. The molecule has 0 aliphatic carbocycles. The number of hydrogen-bond donors (Lipinski definition) is 1. The van der Waals surface area contributed by atoms with Gasteiger partial charge in [-0.1, -0.05) is 0 Å². The van der Waals surface area contributed by atoms with Gasteiger partial charge in [0, 0.05) is 6.07 Å². The van der Waals surface area contributed by atoms with E-state index in [1.165, 1.54) is 0 Å². The quantitative estimate of drug-likeness (QED) is 0.824. The molecule has 1 aromatic heterocycles. The van der Waals surface area contributed by atoms with Crippen molar-refractivity contribution < 1.29 is 32.1 Å². The van der Waals surface area contributed by atoms with Crippen LogP contribution in [-0.2, 0) is 6.67 Å². The number of pyridine rings is 1. The lowest BCUT2D eigenvalue weighted by Gasteiger charge is -2.12. The Bertz CT molecular complexity index is 380. The highest BCUT2D eigenvalue weighted by Crippen LogP contribution is 2.34. The fourth-order valence-electron chi connectivity index (χ4n) is 0.931. The van der Waals surface area contributed by atoms with E-state index in [1.807, 2.05) is 0 Å². The van der Waals surface area contributed by atoms with Crippen molar-refractivity contribution in [3.63, 3.8) is 0 Å². The SMILES string of the molecule is COc1cc(O)c(CF)nc1OC(F)(F)F. The highest BCUT2D eigenvalue weighted by atomic mass is 19.4. The van der Waals surface area contributed by atoms with Gasteiger partial charge in [-0.15, -0.1) is 13.2 Å². The molecule has 16 heavy (non-hydrogen) atoms. The molecule has 0 saturated heterocycles. The molecule has 8 heteroatoms. The van der Waals surface area contributed by atoms with Gasteiger partial charge < -0.3 is 14.6 Å². The average molecular weight is 241 g/mol. The Morgan fingerprint density at radius 3 is 2.50 bits per heavy atom. The molecule has 1 rings (SSSR count). The van der Waals surface area contributed by atoms with E-state index < -0.39 is 36.1 Å². The van der Waals surface area contributed by atoms with Crippen molar-refractivity contribution in [3.8, 4) is 17.4 Å². The number of ether oxygens (including phenoxy) is 2. The molecule has 1 N–H and O–H groups in total. The fourth-order valence-corrected chi connectivity index (χ4v) is 0.931. The van der Waals surface area contributed by atoms with Gasteiger partial charge in [0.25, 0.3) is 5.88 Å². The fraction of sp³-hybridized carbons (Fsp3) is 0.375. The summed E-state index contributed by atoms with van der Waals surface area (Å²) < 4.78 is 56.0. The molecule has 0 aromatic carbocycles. The maximum Gasteiger partial charge on any atom is 0.574 e. The van der Waals surface area contributed by atoms with Gasteiger partial charge in [-0.3, -0.25) is 0 Å². The molecule has 1 aromatic rings. The Morgan fingerprint density at radius 2 is 2.06 bits per heavy atom. The van der Waals surface area contributed by atoms with Crippen molar-refractivity contribution in [2.75, 3.05) is 7.11 Å². The predicted octanol–water partition coefficient (Wildman–Crippen LogP) is 2.16. The molecule has 4 nitrogen and oxygen atoms in total. The first-order chi connectivity index (χ1) is 7.37. The number of halogens is 4. The summed E-state index contributed by atoms with van der Waals surface area (Å²) >= 11 is 0. The second-order valence-electron chi connectivity index (χ2n) is 2.64. The number of methoxy groups -OCH3 is 1. The van der Waals surface area contributed by atoms with Crippen LogP contribution in [0.25, 0.3) is 0 Å². The van der Waals surface area contributed by atoms with Gasteiger partial charge in [-0.25, -0.2) is 9.37 Å². The zero-order valence-electron chi connectivity index (χ0n) is 8.01. The Morgan fingerprint density at radius 1 is 1.44 bits per heavy atom. The first-order valence-electron chi connectivity index (χ1n) is 3.96. The standard InChI is InChI=1S/C8H7F4NO3/c1-15-6-2-5(14)4(3-9)13-7(6)16-8(10,11)12/h2,14H,3H2,1H3. The third-order valence-electron chi connectivity index (χ3n) is 1.57. The van der Waals surface area contributed by atoms with Gasteiger partial charge in [-0.05, 0) is 0 Å². The summed E-state index contributed by atoms with van der Waals surface area (Å²) in [5.41, 5.74) is -0.556. The van der Waals surface area contributed by atoms with Crippen LogP contribution in [0.15, 0.2) is 6.07 Å². The van der Waals surface area contributed by atoms with Gasteiger partial charge in [0.05, 0.1) is 7.11 Å². The molecule has 0 spiro atoms. The molecule has 0 atom stereocenters. The topological polar surface area (TPSA) is 51.6 Å². The predicted molar refractivity (Wildman–Crippen MR) is 43.9 cm³/mol. The Hall–Kier alpha value is -1.73. The van der Waals surface area contributed by atoms with E-state index in [0.29, 0.717) is 0 Å². The summed E-state index contributed by atoms with van der Waals surface area (Å²) in [6.07, 6.45) is -4.97. The number of rotatable bonds is 3. The van der Waals surface area contributed by atoms with Gasteiger partial charge in [-0.2, -0.15) is 0 Å². The van der Waals surface area contributed by atoms with Gasteiger partial charge in [0.2, 0.25) is 0 Å². The van der Waals surface area contributed by atoms with Crippen LogP contribution in [0.4, 0.5) is 17.6 Å². The zero-order chi connectivity index (χ0) is 12.3. The third kappa shape index (κ3) is 2.88. The monoisotopic (exact) mass is 241 g/mol. The van der Waals surface area contributed by atoms with E-state index in [0.717, 1.165) is 13.2 Å². The van der Waals surface area contributed by atoms with Crippen LogP contribution < -0.4 is 9.47 Å². The van der Waals surface area contributed by atoms with Crippen LogP contribution in [0, 0.1) is 0 Å². The Balaban J connectivity index is 3.15. The summed E-state index contributed by atoms with van der Waals surface area (Å²) in [7, 11) is 1.06. The third-order valence-corrected chi connectivity index (χ3v) is 1.57. The molecule has 0 aliphatic heterocycles. The summed E-state index contributed by atoms with van der Waals surface area (Å²) in [5, 5.41) is 9.13. The summed E-state index contributed by atoms with van der Waals surface area (Å²) in [6, 6.07) is 0.795. The lowest BCUT2D eigenvalue weighted by atomic mass is 10.3. The van der Waals surface area contributed by atoms with Crippen molar-refractivity contribution in [1.29, 1.82) is 0 Å². The molecular formula is C8H7F4NO3. The minimum Gasteiger partial charge on any atom is -0.506 e. The van der Waals surface area contributed by atoms with E-state index in [-0.39, 0.29) is 0 Å². The Labute approximate surface area is 87.4 Å². The molecule has 0 unspecified atom stereocenters. The number of aromatic hydroxyl groups is 1. The number of nitrogens with zero attached hydrogens (tertiary/aromatic N) is 1. The molecule has 0 fully saturated rings. The number of hydrogen-bond acceptors (Lipinski definition) is 4. The summed E-state index contributed by atoms with van der Waals surface area (Å²) in [6.45, 7) is -1.22. The molecule has 0 aliphatic rings. The van der Waals surface area contributed by atoms with Crippen molar-refractivity contribution in [3.05, 3.63) is 11.8 Å². The van der Waals surface area contributed by atoms with E-state index in [9.17, 15) is 17.6 Å². The van der Waals surface area contributed by atoms with Crippen LogP contribution in [0.3, 0.4) is 0 Å². The molecule has 0 bridgehead atoms. The van der Waals surface area contributed by atoms with Crippen molar-refractivity contribution in [1.82, 2.24) is 4.98 Å². The largest absolute Gasteiger partial charge is 0.574 e. The first kappa shape index (κ1) is 12.3. The maximum absolute atomic E-state index is 12.2. The zero-order valence-corrected chi connectivity index (χ0v) is 8.01. The number of aromatic nitrogens is 1. The van der Waals surface area contributed by atoms with Crippen molar-refractivity contribution >= 4 is 0 Å². The average Bonchev–Trinajstić information content (AvgIpc) is 2.18. The summed E-state index contributed by atoms with van der Waals surface area (Å²) in [4.78, 5) is 3.15. The minimum absolute atomic E-state index is 0.438. The normalized spacial score (nSPS) is 11.3.